The summed E-state index contributed by atoms with van der Waals surface area (Å²) in [7, 11) is 0. The number of fused-ring (bicyclic) bond motifs is 1. The Kier molecular flexibility index (Phi) is 3.62. The van der Waals surface area contributed by atoms with E-state index in [1.54, 1.807) is 0 Å². The van der Waals surface area contributed by atoms with Crippen LogP contribution in [0.1, 0.15) is 24.8 Å². The topological polar surface area (TPSA) is 48.1 Å². The number of pyridine rings is 1. The molecule has 0 bridgehead atoms. The lowest BCUT2D eigenvalue weighted by Crippen LogP contribution is -2.41. The molecule has 0 saturated carbocycles. The van der Waals surface area contributed by atoms with Crippen molar-refractivity contribution in [3.05, 3.63) is 46.2 Å². The third-order valence-corrected chi connectivity index (χ3v) is 3.68. The number of hydrogen-bond donors (Lipinski definition) is 2. The van der Waals surface area contributed by atoms with Crippen molar-refractivity contribution in [2.24, 2.45) is 0 Å². The number of aromatic nitrogens is 1. The third-order valence-electron chi connectivity index (χ3n) is 3.68. The number of nitrogens with one attached hydrogen (secondary N) is 2. The molecule has 19 heavy (non-hydrogen) atoms. The summed E-state index contributed by atoms with van der Waals surface area (Å²) in [5.74, 6) is 0. The van der Waals surface area contributed by atoms with E-state index in [9.17, 15) is 4.79 Å². The minimum atomic E-state index is 0.00297. The highest BCUT2D eigenvalue weighted by atomic mass is 16.1. The molecule has 0 atom stereocenters. The molecule has 2 aromatic rings. The maximum Gasteiger partial charge on any atom is 0.252 e. The van der Waals surface area contributed by atoms with Crippen LogP contribution in [0.2, 0.25) is 0 Å². The summed E-state index contributed by atoms with van der Waals surface area (Å²) in [5.41, 5.74) is 5.05. The fourth-order valence-corrected chi connectivity index (χ4v) is 2.57. The quantitative estimate of drug-likeness (QED) is 0.884. The van der Waals surface area contributed by atoms with E-state index >= 15 is 0 Å². The molecule has 1 aromatic carbocycles. The maximum atomic E-state index is 12.0. The van der Waals surface area contributed by atoms with Crippen molar-refractivity contribution in [1.29, 1.82) is 0 Å². The van der Waals surface area contributed by atoms with Crippen molar-refractivity contribution in [3.8, 4) is 0 Å². The molecule has 4 heteroatoms. The van der Waals surface area contributed by atoms with Crippen molar-refractivity contribution < 1.29 is 0 Å². The van der Waals surface area contributed by atoms with Gasteiger partial charge in [0.15, 0.2) is 0 Å². The highest BCUT2D eigenvalue weighted by Crippen LogP contribution is 2.10. The number of aromatic amines is 1. The van der Waals surface area contributed by atoms with E-state index in [0.717, 1.165) is 29.6 Å². The average molecular weight is 257 g/mol. The number of benzene rings is 1. The zero-order valence-corrected chi connectivity index (χ0v) is 11.0. The van der Waals surface area contributed by atoms with Gasteiger partial charge in [-0.15, -0.1) is 0 Å². The van der Waals surface area contributed by atoms with Gasteiger partial charge in [-0.1, -0.05) is 24.6 Å². The highest BCUT2D eigenvalue weighted by Gasteiger charge is 2.10. The summed E-state index contributed by atoms with van der Waals surface area (Å²) < 4.78 is 0. The Bertz CT molecular complexity index is 614. The lowest BCUT2D eigenvalue weighted by atomic mass is 10.1. The number of nitrogens with zero attached hydrogens (tertiary/aromatic N) is 1. The van der Waals surface area contributed by atoms with Crippen molar-refractivity contribution >= 4 is 10.9 Å². The molecule has 1 aromatic heterocycles. The van der Waals surface area contributed by atoms with Crippen molar-refractivity contribution in [2.45, 2.75) is 25.8 Å². The van der Waals surface area contributed by atoms with Gasteiger partial charge in [0.25, 0.3) is 5.56 Å². The lowest BCUT2D eigenvalue weighted by molar-refractivity contribution is 0.151. The molecule has 2 heterocycles. The van der Waals surface area contributed by atoms with Crippen molar-refractivity contribution in [2.75, 3.05) is 13.1 Å². The van der Waals surface area contributed by atoms with Gasteiger partial charge >= 0.3 is 0 Å². The van der Waals surface area contributed by atoms with E-state index in [1.807, 2.05) is 30.3 Å². The zero-order chi connectivity index (χ0) is 13.1. The number of hydrazine groups is 1. The molecule has 0 aliphatic carbocycles. The molecule has 0 amide bonds. The molecular formula is C15H19N3O. The summed E-state index contributed by atoms with van der Waals surface area (Å²) in [6, 6.07) is 9.85. The van der Waals surface area contributed by atoms with E-state index in [0.29, 0.717) is 6.54 Å². The maximum absolute atomic E-state index is 12.0. The standard InChI is InChI=1S/C15H19N3O/c19-15-13(11-16-18-8-4-1-5-9-18)10-12-6-2-3-7-14(12)17-15/h2-3,6-7,10,16H,1,4-5,8-9,11H2,(H,17,19). The molecule has 0 spiro atoms. The predicted molar refractivity (Wildman–Crippen MR) is 76.8 cm³/mol. The van der Waals surface area contributed by atoms with Crippen LogP contribution in [0.15, 0.2) is 35.1 Å². The van der Waals surface area contributed by atoms with Crippen LogP contribution < -0.4 is 11.0 Å². The second-order valence-electron chi connectivity index (χ2n) is 5.09. The molecule has 100 valence electrons. The fraction of sp³-hybridized carbons (Fsp3) is 0.400. The largest absolute Gasteiger partial charge is 0.322 e. The van der Waals surface area contributed by atoms with Gasteiger partial charge in [-0.25, -0.2) is 5.01 Å². The van der Waals surface area contributed by atoms with E-state index in [-0.39, 0.29) is 5.56 Å². The Morgan fingerprint density at radius 2 is 1.95 bits per heavy atom. The minimum Gasteiger partial charge on any atom is -0.322 e. The normalized spacial score (nSPS) is 16.8. The number of rotatable bonds is 3. The van der Waals surface area contributed by atoms with Gasteiger partial charge in [0.2, 0.25) is 0 Å². The molecule has 4 nitrogen and oxygen atoms in total. The van der Waals surface area contributed by atoms with Crippen molar-refractivity contribution in [1.82, 2.24) is 15.4 Å². The van der Waals surface area contributed by atoms with Crippen LogP contribution in [0.25, 0.3) is 10.9 Å². The summed E-state index contributed by atoms with van der Waals surface area (Å²) >= 11 is 0. The second kappa shape index (κ2) is 5.55. The van der Waals surface area contributed by atoms with Crippen LogP contribution in [-0.4, -0.2) is 23.1 Å². The monoisotopic (exact) mass is 257 g/mol. The zero-order valence-electron chi connectivity index (χ0n) is 11.0. The molecule has 0 radical (unpaired) electrons. The molecular weight excluding hydrogens is 238 g/mol. The Labute approximate surface area is 112 Å². The van der Waals surface area contributed by atoms with Gasteiger partial charge in [-0.05, 0) is 30.4 Å². The Morgan fingerprint density at radius 1 is 1.16 bits per heavy atom. The molecule has 2 N–H and O–H groups in total. The molecule has 1 saturated heterocycles. The molecule has 1 aliphatic rings. The van der Waals surface area contributed by atoms with Gasteiger partial charge < -0.3 is 4.98 Å². The predicted octanol–water partition coefficient (Wildman–Crippen LogP) is 2.02. The van der Waals surface area contributed by atoms with E-state index in [1.165, 1.54) is 19.3 Å². The SMILES string of the molecule is O=c1[nH]c2ccccc2cc1CNN1CCCCC1. The summed E-state index contributed by atoms with van der Waals surface area (Å²) in [6.45, 7) is 2.75. The van der Waals surface area contributed by atoms with E-state index < -0.39 is 0 Å². The average Bonchev–Trinajstić information content (AvgIpc) is 2.46. The van der Waals surface area contributed by atoms with Crippen LogP contribution >= 0.6 is 0 Å². The highest BCUT2D eigenvalue weighted by molar-refractivity contribution is 5.78. The number of hydrogen-bond acceptors (Lipinski definition) is 3. The van der Waals surface area contributed by atoms with Gasteiger partial charge in [-0.3, -0.25) is 10.2 Å². The van der Waals surface area contributed by atoms with Gasteiger partial charge in [0, 0.05) is 30.7 Å². The smallest absolute Gasteiger partial charge is 0.252 e. The number of para-hydroxylation sites is 1. The third kappa shape index (κ3) is 2.85. The Morgan fingerprint density at radius 3 is 2.79 bits per heavy atom. The van der Waals surface area contributed by atoms with Crippen molar-refractivity contribution in [3.63, 3.8) is 0 Å². The first-order valence-electron chi connectivity index (χ1n) is 6.92. The Balaban J connectivity index is 1.76. The fourth-order valence-electron chi connectivity index (χ4n) is 2.57. The molecule has 1 aliphatic heterocycles. The second-order valence-corrected chi connectivity index (χ2v) is 5.09. The van der Waals surface area contributed by atoms with Crippen LogP contribution in [-0.2, 0) is 6.54 Å². The van der Waals surface area contributed by atoms with Gasteiger partial charge in [0.1, 0.15) is 0 Å². The first-order valence-corrected chi connectivity index (χ1v) is 6.92. The molecule has 1 fully saturated rings. The first kappa shape index (κ1) is 12.4. The van der Waals surface area contributed by atoms with Crippen LogP contribution in [0.3, 0.4) is 0 Å². The lowest BCUT2D eigenvalue weighted by Gasteiger charge is -2.27. The van der Waals surface area contributed by atoms with Crippen LogP contribution in [0, 0.1) is 0 Å². The summed E-state index contributed by atoms with van der Waals surface area (Å²) in [6.07, 6.45) is 3.79. The summed E-state index contributed by atoms with van der Waals surface area (Å²) in [5, 5.41) is 3.30. The van der Waals surface area contributed by atoms with E-state index in [4.69, 9.17) is 0 Å². The number of piperidine rings is 1. The van der Waals surface area contributed by atoms with Gasteiger partial charge in [-0.2, -0.15) is 0 Å². The van der Waals surface area contributed by atoms with Crippen LogP contribution in [0.5, 0.6) is 0 Å². The Hall–Kier alpha value is -1.65. The van der Waals surface area contributed by atoms with E-state index in [2.05, 4.69) is 15.4 Å². The van der Waals surface area contributed by atoms with Gasteiger partial charge in [0.05, 0.1) is 0 Å². The summed E-state index contributed by atoms with van der Waals surface area (Å²) in [4.78, 5) is 14.9. The molecule has 3 rings (SSSR count). The molecule has 0 unspecified atom stereocenters. The minimum absolute atomic E-state index is 0.00297. The first-order chi connectivity index (χ1) is 9.33. The van der Waals surface area contributed by atoms with Crippen LogP contribution in [0.4, 0.5) is 0 Å². The number of H-pyrrole nitrogens is 1.